The summed E-state index contributed by atoms with van der Waals surface area (Å²) in [5.74, 6) is 0.00717. The number of fused-ring (bicyclic) bond motifs is 6. The van der Waals surface area contributed by atoms with E-state index in [2.05, 4.69) is 246 Å². The van der Waals surface area contributed by atoms with Gasteiger partial charge in [-0.2, -0.15) is 0 Å². The molecule has 2 radical (unpaired) electrons. The molecule has 0 aliphatic heterocycles. The topological polar surface area (TPSA) is 68.8 Å². The van der Waals surface area contributed by atoms with E-state index in [1.54, 1.807) is 6.07 Å². The molecule has 8 aromatic carbocycles. The number of benzene rings is 8. The van der Waals surface area contributed by atoms with Gasteiger partial charge < -0.3 is 43.7 Å². The van der Waals surface area contributed by atoms with Crippen LogP contribution in [-0.2, 0) is 58.3 Å². The fourth-order valence-electron chi connectivity index (χ4n) is 14.3. The first kappa shape index (κ1) is 75.9. The Bertz CT molecular complexity index is 4360. The van der Waals surface area contributed by atoms with Gasteiger partial charge in [0, 0.05) is 69.6 Å². The van der Waals surface area contributed by atoms with Crippen molar-refractivity contribution in [1.82, 2.24) is 9.13 Å². The zero-order valence-electron chi connectivity index (χ0n) is 61.8. The van der Waals surface area contributed by atoms with Crippen molar-refractivity contribution < 1.29 is 54.3 Å². The van der Waals surface area contributed by atoms with Crippen LogP contribution in [0.2, 0.25) is 0 Å². The van der Waals surface area contributed by atoms with Crippen LogP contribution in [-0.4, -0.2) is 41.3 Å². The molecule has 0 fully saturated rings. The van der Waals surface area contributed by atoms with Crippen molar-refractivity contribution in [3.63, 3.8) is 0 Å². The minimum absolute atomic E-state index is 0. The van der Waals surface area contributed by atoms with Crippen LogP contribution in [0.15, 0.2) is 127 Å². The van der Waals surface area contributed by atoms with Gasteiger partial charge in [-0.15, -0.1) is 0 Å². The Hall–Kier alpha value is -6.49. The third-order valence-electron chi connectivity index (χ3n) is 18.6. The molecule has 0 atom stereocenters. The number of hydrogen-bond donors (Lipinski definition) is 2. The number of phenolic OH excluding ortho intramolecular Hbond substituents is 2. The fraction of sp³-hybridized carbons (Fsp3) is 0.412. The Morgan fingerprint density at radius 2 is 0.716 bits per heavy atom. The normalized spacial score (nSPS) is 12.9. The molecular formula is C85H106F2HfN2O4Si-2. The van der Waals surface area contributed by atoms with E-state index >= 15 is 8.78 Å². The summed E-state index contributed by atoms with van der Waals surface area (Å²) < 4.78 is 50.3. The number of hydrogen-bond acceptors (Lipinski definition) is 4. The number of phenols is 2. The van der Waals surface area contributed by atoms with Crippen LogP contribution in [0.4, 0.5) is 8.78 Å². The molecule has 0 saturated heterocycles. The van der Waals surface area contributed by atoms with Crippen molar-refractivity contribution in [1.29, 1.82) is 0 Å². The average Bonchev–Trinajstić information content (AvgIpc) is 1.61. The van der Waals surface area contributed by atoms with Crippen LogP contribution < -0.4 is 9.47 Å². The van der Waals surface area contributed by atoms with Crippen molar-refractivity contribution in [2.75, 3.05) is 12.5 Å². The number of ether oxygens (including phenoxy) is 2. The molecule has 10 heteroatoms. The second-order valence-corrected chi connectivity index (χ2v) is 35.3. The Balaban J connectivity index is 0.00000425. The van der Waals surface area contributed by atoms with Crippen LogP contribution in [0.25, 0.3) is 77.2 Å². The molecule has 2 heterocycles. The maximum absolute atomic E-state index is 16.3. The van der Waals surface area contributed by atoms with Crippen LogP contribution in [0.3, 0.4) is 0 Å². The first-order valence-corrected chi connectivity index (χ1v) is 34.3. The van der Waals surface area contributed by atoms with Gasteiger partial charge in [0.25, 0.3) is 0 Å². The van der Waals surface area contributed by atoms with Crippen molar-refractivity contribution in [3.8, 4) is 56.6 Å². The smallest absolute Gasteiger partial charge is 0.147 e. The number of aromatic hydroxyl groups is 2. The van der Waals surface area contributed by atoms with Gasteiger partial charge in [0.2, 0.25) is 0 Å². The van der Waals surface area contributed by atoms with Gasteiger partial charge in [-0.05, 0) is 181 Å². The third kappa shape index (κ3) is 15.6. The zero-order chi connectivity index (χ0) is 67.5. The minimum Gasteiger partial charge on any atom is -0.505 e. The monoisotopic (exact) mass is 1460 g/mol. The molecule has 2 N–H and O–H groups in total. The van der Waals surface area contributed by atoms with Gasteiger partial charge in [0.15, 0.2) is 0 Å². The van der Waals surface area contributed by atoms with Crippen LogP contribution in [0.1, 0.15) is 204 Å². The molecule has 0 unspecified atom stereocenters. The van der Waals surface area contributed by atoms with Gasteiger partial charge in [-0.25, -0.2) is 8.78 Å². The summed E-state index contributed by atoms with van der Waals surface area (Å²) in [6.07, 6.45) is 2.06. The largest absolute Gasteiger partial charge is 0.505 e. The molecule has 0 aliphatic carbocycles. The Labute approximate surface area is 589 Å². The van der Waals surface area contributed by atoms with Crippen LogP contribution >= 0.6 is 0 Å². The third-order valence-corrected chi connectivity index (χ3v) is 19.3. The molecule has 0 spiro atoms. The van der Waals surface area contributed by atoms with Crippen molar-refractivity contribution >= 4 is 53.1 Å². The van der Waals surface area contributed by atoms with Gasteiger partial charge in [0.05, 0.1) is 45.9 Å². The van der Waals surface area contributed by atoms with Gasteiger partial charge >= 0.3 is 0 Å². The van der Waals surface area contributed by atoms with Crippen molar-refractivity contribution in [3.05, 3.63) is 193 Å². The molecule has 0 aliphatic rings. The van der Waals surface area contributed by atoms with Crippen LogP contribution in [0, 0.1) is 44.2 Å². The maximum Gasteiger partial charge on any atom is 0.147 e. The summed E-state index contributed by atoms with van der Waals surface area (Å²) in [6, 6.07) is 42.6. The van der Waals surface area contributed by atoms with Gasteiger partial charge in [-0.3, -0.25) is 0 Å². The van der Waals surface area contributed by atoms with E-state index in [4.69, 9.17) is 9.47 Å². The minimum atomic E-state index is -0.459. The van der Waals surface area contributed by atoms with Gasteiger partial charge in [-0.1, -0.05) is 201 Å². The summed E-state index contributed by atoms with van der Waals surface area (Å²) in [5.41, 5.74) is 12.7. The summed E-state index contributed by atoms with van der Waals surface area (Å²) >= 11 is 0. The Kier molecular flexibility index (Phi) is 21.4. The van der Waals surface area contributed by atoms with E-state index in [9.17, 15) is 10.2 Å². The second kappa shape index (κ2) is 26.7. The summed E-state index contributed by atoms with van der Waals surface area (Å²) in [4.78, 5) is 0. The predicted octanol–water partition coefficient (Wildman–Crippen LogP) is 23.8. The molecule has 10 rings (SSSR count). The maximum atomic E-state index is 16.3. The molecular weight excluding hydrogens is 1360 g/mol. The number of nitrogens with zero attached hydrogens (tertiary/aromatic N) is 2. The SMILES string of the molecule is Cc1cc(F)cc(-c2cc(C(C)(C)CC(C)(C)C)cc(-n3c4cc(C(C)(C)C)ccc4c4ccc(C(C)(C)C)cc43)c2O)c1OC[Si]COc1ccc(F)cc1-c1cc(C(C)(C)CC(C)(C)C)cc(-n2c3cc(C(C)(C)C)ccc3c3ccc(C(C)(C)C)cc32)c1O.[CH3-].[CH3-].[Hf]. The number of rotatable bonds is 14. The van der Waals surface area contributed by atoms with Crippen molar-refractivity contribution in [2.24, 2.45) is 10.8 Å². The Morgan fingerprint density at radius 3 is 1.06 bits per heavy atom. The van der Waals surface area contributed by atoms with E-state index in [0.717, 1.165) is 67.6 Å². The quantitative estimate of drug-likeness (QED) is 0.0647. The molecule has 95 heavy (non-hydrogen) atoms. The molecule has 0 bridgehead atoms. The van der Waals surface area contributed by atoms with Gasteiger partial charge in [0.1, 0.15) is 44.2 Å². The first-order valence-electron chi connectivity index (χ1n) is 32.9. The molecule has 504 valence electrons. The number of halogens is 2. The van der Waals surface area contributed by atoms with E-state index in [1.807, 2.05) is 19.1 Å². The Morgan fingerprint density at radius 1 is 0.379 bits per heavy atom. The van der Waals surface area contributed by atoms with E-state index < -0.39 is 11.6 Å². The molecule has 0 saturated carbocycles. The average molecular weight is 1460 g/mol. The summed E-state index contributed by atoms with van der Waals surface area (Å²) in [6.45, 7) is 51.0. The van der Waals surface area contributed by atoms with E-state index in [-0.39, 0.29) is 117 Å². The van der Waals surface area contributed by atoms with E-state index in [1.165, 1.54) is 46.5 Å². The standard InChI is InChI=1S/C83H100F2N2O4Si.2CH3.Hf/c1-49-34-57(85)44-65(64-36-55(83(22,23)46-77(5,6)7)42-71(74(64)89)87-68-39-52(80(14,15)16)26-31-60(68)61-32-27-53(40-69(61)87)81(17,18)19)75(49)91-48-92-47-90-72-33-28-56(84)43-62(72)63-35-54(82(20,21)45-76(2,3)4)41-70(73(63)88)86-66-37-50(78(8,9)10)24-29-58(66)59-30-25-51(38-67(59)86)79(11,12)13;;;/h24-44,88-89H,45-48H2,1-23H3;2*1H3;/q;2*-1;. The number of aromatic nitrogens is 2. The zero-order valence-corrected chi connectivity index (χ0v) is 66.4. The second-order valence-electron chi connectivity index (χ2n) is 34.2. The van der Waals surface area contributed by atoms with E-state index in [0.29, 0.717) is 50.7 Å². The molecule has 2 aromatic heterocycles. The molecule has 0 amide bonds. The molecule has 10 aromatic rings. The molecule has 6 nitrogen and oxygen atoms in total. The summed E-state index contributed by atoms with van der Waals surface area (Å²) in [7, 11) is 0.0654. The number of aryl methyl sites for hydroxylation is 1. The fourth-order valence-corrected chi connectivity index (χ4v) is 14.9. The predicted molar refractivity (Wildman–Crippen MR) is 399 cm³/mol. The first-order chi connectivity index (χ1) is 42.4. The summed E-state index contributed by atoms with van der Waals surface area (Å²) in [5, 5.41) is 30.7. The van der Waals surface area contributed by atoms with Crippen molar-refractivity contribution in [2.45, 2.75) is 205 Å². The van der Waals surface area contributed by atoms with Crippen LogP contribution in [0.5, 0.6) is 23.0 Å².